The van der Waals surface area contributed by atoms with Crippen molar-refractivity contribution < 1.29 is 54.0 Å². The number of fused-ring (bicyclic) bond motifs is 2. The van der Waals surface area contributed by atoms with E-state index in [4.69, 9.17) is 33.8 Å². The molecule has 12 heteroatoms. The number of para-hydroxylation sites is 1. The first kappa shape index (κ1) is 34.4. The minimum absolute atomic E-state index is 0.0792. The van der Waals surface area contributed by atoms with Gasteiger partial charge in [-0.3, -0.25) is 9.79 Å². The predicted octanol–water partition coefficient (Wildman–Crippen LogP) is 5.54. The van der Waals surface area contributed by atoms with Crippen LogP contribution in [-0.4, -0.2) is 70.8 Å². The van der Waals surface area contributed by atoms with Gasteiger partial charge in [0.2, 0.25) is 6.29 Å². The molecule has 4 aromatic carbocycles. The number of hydrogen-bond donors (Lipinski definition) is 5. The van der Waals surface area contributed by atoms with Crippen LogP contribution in [-0.2, 0) is 10.2 Å². The Morgan fingerprint density at radius 2 is 1.66 bits per heavy atom. The Labute approximate surface area is 288 Å². The summed E-state index contributed by atoms with van der Waals surface area (Å²) in [4.78, 5) is 16.6. The van der Waals surface area contributed by atoms with Crippen LogP contribution < -0.4 is 23.7 Å². The molecule has 0 saturated heterocycles. The highest BCUT2D eigenvalue weighted by Crippen LogP contribution is 2.55. The number of carbonyl (C=O) groups is 1. The van der Waals surface area contributed by atoms with Crippen molar-refractivity contribution in [3.8, 4) is 46.0 Å². The van der Waals surface area contributed by atoms with Gasteiger partial charge in [-0.2, -0.15) is 0 Å². The lowest BCUT2D eigenvalue weighted by molar-refractivity contribution is -0.125. The first-order valence-corrected chi connectivity index (χ1v) is 16.0. The molecular weight excluding hydrogens is 646 g/mol. The molecule has 0 saturated carbocycles. The first-order valence-electron chi connectivity index (χ1n) is 16.0. The highest BCUT2D eigenvalue weighted by molar-refractivity contribution is 5.87. The molecule has 0 aromatic heterocycles. The average molecular weight is 686 g/mol. The quantitative estimate of drug-likeness (QED) is 0.140. The second-order valence-corrected chi connectivity index (χ2v) is 13.2. The summed E-state index contributed by atoms with van der Waals surface area (Å²) in [5.41, 5.74) is 2.21. The molecule has 2 aliphatic rings. The highest BCUT2D eigenvalue weighted by atomic mass is 16.7. The van der Waals surface area contributed by atoms with Crippen LogP contribution in [0.15, 0.2) is 65.7 Å². The molecule has 6 rings (SSSR count). The number of ketones is 1. The number of aliphatic imine (C=N–C) groups is 1. The molecule has 12 nitrogen and oxygen atoms in total. The van der Waals surface area contributed by atoms with E-state index in [0.29, 0.717) is 39.6 Å². The molecule has 4 atom stereocenters. The smallest absolute Gasteiger partial charge is 0.248 e. The van der Waals surface area contributed by atoms with Gasteiger partial charge in [-0.05, 0) is 34.7 Å². The van der Waals surface area contributed by atoms with Crippen molar-refractivity contribution in [3.05, 3.63) is 88.5 Å². The number of rotatable bonds is 9. The van der Waals surface area contributed by atoms with Gasteiger partial charge in [0, 0.05) is 47.2 Å². The molecular formula is C38H39NO11. The summed E-state index contributed by atoms with van der Waals surface area (Å²) in [5.74, 6) is -0.513. The number of benzene rings is 4. The summed E-state index contributed by atoms with van der Waals surface area (Å²) < 4.78 is 29.2. The van der Waals surface area contributed by atoms with Gasteiger partial charge < -0.3 is 49.2 Å². The summed E-state index contributed by atoms with van der Waals surface area (Å²) in [6, 6.07) is 16.1. The summed E-state index contributed by atoms with van der Waals surface area (Å²) in [7, 11) is 2.95. The molecule has 50 heavy (non-hydrogen) atoms. The van der Waals surface area contributed by atoms with E-state index in [-0.39, 0.29) is 46.1 Å². The van der Waals surface area contributed by atoms with Crippen molar-refractivity contribution in [2.45, 2.75) is 57.0 Å². The number of carbonyl (C=O) groups excluding carboxylic acids is 1. The van der Waals surface area contributed by atoms with Gasteiger partial charge in [0.1, 0.15) is 47.2 Å². The fourth-order valence-corrected chi connectivity index (χ4v) is 6.38. The first-order chi connectivity index (χ1) is 23.8. The van der Waals surface area contributed by atoms with Crippen LogP contribution in [0.2, 0.25) is 0 Å². The van der Waals surface area contributed by atoms with Crippen LogP contribution >= 0.6 is 0 Å². The minimum atomic E-state index is -1.38. The van der Waals surface area contributed by atoms with E-state index in [0.717, 1.165) is 11.6 Å². The number of phenols is 3. The Morgan fingerprint density at radius 1 is 0.900 bits per heavy atom. The molecule has 4 aromatic rings. The Bertz CT molecular complexity index is 1970. The lowest BCUT2D eigenvalue weighted by atomic mass is 9.78. The molecule has 0 bridgehead atoms. The van der Waals surface area contributed by atoms with Crippen molar-refractivity contribution in [1.29, 1.82) is 0 Å². The van der Waals surface area contributed by atoms with E-state index in [1.165, 1.54) is 26.5 Å². The lowest BCUT2D eigenvalue weighted by Crippen LogP contribution is -2.35. The largest absolute Gasteiger partial charge is 0.508 e. The fraction of sp³-hybridized carbons (Fsp3) is 0.316. The molecule has 0 fully saturated rings. The second-order valence-electron chi connectivity index (χ2n) is 13.2. The third-order valence-electron chi connectivity index (χ3n) is 8.78. The molecule has 2 aliphatic heterocycles. The van der Waals surface area contributed by atoms with E-state index < -0.39 is 36.8 Å². The van der Waals surface area contributed by atoms with E-state index in [9.17, 15) is 25.2 Å². The van der Waals surface area contributed by atoms with Gasteiger partial charge in [-0.15, -0.1) is 0 Å². The summed E-state index contributed by atoms with van der Waals surface area (Å²) in [5, 5.41) is 54.2. The topological polar surface area (TPSA) is 177 Å². The van der Waals surface area contributed by atoms with Crippen molar-refractivity contribution in [2.24, 2.45) is 4.99 Å². The lowest BCUT2D eigenvalue weighted by Gasteiger charge is -2.38. The summed E-state index contributed by atoms with van der Waals surface area (Å²) in [6.07, 6.45) is -2.02. The Morgan fingerprint density at radius 3 is 2.36 bits per heavy atom. The minimum Gasteiger partial charge on any atom is -0.508 e. The van der Waals surface area contributed by atoms with Crippen molar-refractivity contribution in [1.82, 2.24) is 0 Å². The van der Waals surface area contributed by atoms with E-state index in [1.54, 1.807) is 36.4 Å². The number of phenolic OH excluding ortho intramolecular Hbond substituents is 3. The van der Waals surface area contributed by atoms with Gasteiger partial charge in [-0.25, -0.2) is 0 Å². The average Bonchev–Trinajstić information content (AvgIpc) is 3.48. The maximum Gasteiger partial charge on any atom is 0.248 e. The molecule has 0 spiro atoms. The van der Waals surface area contributed by atoms with Crippen LogP contribution in [0, 0.1) is 0 Å². The maximum atomic E-state index is 12.2. The Balaban J connectivity index is 1.48. The van der Waals surface area contributed by atoms with Crippen LogP contribution in [0.1, 0.15) is 67.0 Å². The predicted molar refractivity (Wildman–Crippen MR) is 183 cm³/mol. The normalized spacial score (nSPS) is 19.6. The molecule has 262 valence electrons. The Kier molecular flexibility index (Phi) is 9.25. The number of nitrogens with zero attached hydrogens (tertiary/aromatic N) is 1. The number of hydrogen-bond acceptors (Lipinski definition) is 12. The van der Waals surface area contributed by atoms with Gasteiger partial charge in [0.05, 0.1) is 32.2 Å². The van der Waals surface area contributed by atoms with Gasteiger partial charge in [0.15, 0.2) is 23.4 Å². The standard InChI is InChI=1S/C38H39NO11/c1-38(2,3)24-8-6-7-20(35(24)44)17-39-25-15-23(46-4)16-29(47-5)32(25)34-33-26(43)12-21(41)13-30(33)50-37(36(34)45)19-9-10-27-28(11-19)49-31(48-27)14-22(42)18-40/h6-13,15-17,31,34,36-37,40-41,43-45H,14,18H2,1-5H3/t31?,34-,36+,37+/m0/s1. The molecule has 0 amide bonds. The second kappa shape index (κ2) is 13.4. The number of methoxy groups -OCH3 is 2. The van der Waals surface area contributed by atoms with Gasteiger partial charge in [-0.1, -0.05) is 39.0 Å². The third-order valence-corrected chi connectivity index (χ3v) is 8.78. The zero-order chi connectivity index (χ0) is 35.9. The van der Waals surface area contributed by atoms with Gasteiger partial charge in [0.25, 0.3) is 0 Å². The highest BCUT2D eigenvalue weighted by Gasteiger charge is 2.44. The number of aliphatic hydroxyl groups is 2. The van der Waals surface area contributed by atoms with Crippen LogP contribution in [0.4, 0.5) is 5.69 Å². The zero-order valence-corrected chi connectivity index (χ0v) is 28.2. The maximum absolute atomic E-state index is 12.2. The van der Waals surface area contributed by atoms with Crippen LogP contribution in [0.3, 0.4) is 0 Å². The molecule has 2 heterocycles. The van der Waals surface area contributed by atoms with E-state index in [2.05, 4.69) is 0 Å². The monoisotopic (exact) mass is 685 g/mol. The molecule has 5 N–H and O–H groups in total. The third kappa shape index (κ3) is 6.47. The number of aliphatic hydroxyl groups excluding tert-OH is 2. The van der Waals surface area contributed by atoms with Crippen LogP contribution in [0.25, 0.3) is 0 Å². The van der Waals surface area contributed by atoms with Crippen molar-refractivity contribution in [2.75, 3.05) is 20.8 Å². The fourth-order valence-electron chi connectivity index (χ4n) is 6.38. The van der Waals surface area contributed by atoms with Crippen molar-refractivity contribution in [3.63, 3.8) is 0 Å². The molecule has 0 radical (unpaired) electrons. The zero-order valence-electron chi connectivity index (χ0n) is 28.2. The van der Waals surface area contributed by atoms with E-state index >= 15 is 0 Å². The number of ether oxygens (including phenoxy) is 5. The summed E-state index contributed by atoms with van der Waals surface area (Å²) in [6.45, 7) is 5.35. The van der Waals surface area contributed by atoms with Gasteiger partial charge >= 0.3 is 0 Å². The van der Waals surface area contributed by atoms with Crippen LogP contribution in [0.5, 0.6) is 46.0 Å². The summed E-state index contributed by atoms with van der Waals surface area (Å²) >= 11 is 0. The number of Topliss-reactive ketones (excluding diaryl/α,β-unsaturated/α-hetero) is 1. The molecule has 1 unspecified atom stereocenters. The molecule has 0 aliphatic carbocycles. The SMILES string of the molecule is COc1cc(N=Cc2cccc(C(C)(C)C)c2O)c([C@H]2c3c(O)cc(O)cc3O[C@H](c3ccc4c(c3)OC(CC(=O)CO)O4)[C@@H]2O)c(OC)c1. The van der Waals surface area contributed by atoms with Crippen molar-refractivity contribution >= 4 is 17.7 Å². The Hall–Kier alpha value is -5.46. The number of aromatic hydroxyl groups is 3. The van der Waals surface area contributed by atoms with E-state index in [1.807, 2.05) is 32.9 Å².